The quantitative estimate of drug-likeness (QED) is 0.693. The van der Waals surface area contributed by atoms with Crippen LogP contribution in [0.3, 0.4) is 0 Å². The van der Waals surface area contributed by atoms with Gasteiger partial charge in [-0.1, -0.05) is 13.8 Å². The standard InChI is InChI=1S/C11H22ClNO/c1-9(2)5-11(6-12)13-7-10-3-4-14-8-10/h9-11,13H,3-8H2,1-2H3. The van der Waals surface area contributed by atoms with Crippen LogP contribution in [0, 0.1) is 11.8 Å². The predicted octanol–water partition coefficient (Wildman–Crippen LogP) is 2.27. The molecule has 2 unspecified atom stereocenters. The average molecular weight is 220 g/mol. The zero-order chi connectivity index (χ0) is 10.4. The van der Waals surface area contributed by atoms with Gasteiger partial charge in [0, 0.05) is 25.1 Å². The van der Waals surface area contributed by atoms with E-state index in [0.29, 0.717) is 23.8 Å². The van der Waals surface area contributed by atoms with Crippen molar-refractivity contribution in [3.8, 4) is 0 Å². The summed E-state index contributed by atoms with van der Waals surface area (Å²) in [6, 6.07) is 0.470. The summed E-state index contributed by atoms with van der Waals surface area (Å²) in [4.78, 5) is 0. The minimum absolute atomic E-state index is 0.470. The van der Waals surface area contributed by atoms with Crippen molar-refractivity contribution in [1.82, 2.24) is 5.32 Å². The van der Waals surface area contributed by atoms with Gasteiger partial charge in [-0.05, 0) is 24.7 Å². The first-order valence-corrected chi connectivity index (χ1v) is 6.13. The second kappa shape index (κ2) is 6.65. The molecule has 14 heavy (non-hydrogen) atoms. The molecule has 84 valence electrons. The second-order valence-corrected chi connectivity index (χ2v) is 4.93. The Morgan fingerprint density at radius 2 is 2.29 bits per heavy atom. The molecule has 0 radical (unpaired) electrons. The fraction of sp³-hybridized carbons (Fsp3) is 1.00. The molecule has 0 aliphatic carbocycles. The van der Waals surface area contributed by atoms with Crippen molar-refractivity contribution in [2.24, 2.45) is 11.8 Å². The van der Waals surface area contributed by atoms with Gasteiger partial charge >= 0.3 is 0 Å². The fourth-order valence-electron chi connectivity index (χ4n) is 1.85. The molecule has 1 aliphatic rings. The van der Waals surface area contributed by atoms with E-state index in [0.717, 1.165) is 26.2 Å². The minimum Gasteiger partial charge on any atom is -0.381 e. The molecule has 1 saturated heterocycles. The van der Waals surface area contributed by atoms with E-state index in [9.17, 15) is 0 Å². The highest BCUT2D eigenvalue weighted by Gasteiger charge is 2.17. The predicted molar refractivity (Wildman–Crippen MR) is 60.9 cm³/mol. The van der Waals surface area contributed by atoms with Crippen LogP contribution in [-0.2, 0) is 4.74 Å². The van der Waals surface area contributed by atoms with Crippen LogP contribution in [0.25, 0.3) is 0 Å². The highest BCUT2D eigenvalue weighted by molar-refractivity contribution is 6.18. The van der Waals surface area contributed by atoms with Gasteiger partial charge in [0.15, 0.2) is 0 Å². The highest BCUT2D eigenvalue weighted by atomic mass is 35.5. The monoisotopic (exact) mass is 219 g/mol. The van der Waals surface area contributed by atoms with Crippen molar-refractivity contribution in [1.29, 1.82) is 0 Å². The molecule has 0 aromatic carbocycles. The van der Waals surface area contributed by atoms with Gasteiger partial charge < -0.3 is 10.1 Å². The number of hydrogen-bond acceptors (Lipinski definition) is 2. The summed E-state index contributed by atoms with van der Waals surface area (Å²) in [5, 5.41) is 3.53. The number of rotatable bonds is 6. The Balaban J connectivity index is 2.12. The van der Waals surface area contributed by atoms with Gasteiger partial charge in [-0.25, -0.2) is 0 Å². The number of nitrogens with one attached hydrogen (secondary N) is 1. The molecular formula is C11H22ClNO. The van der Waals surface area contributed by atoms with Crippen LogP contribution in [0.15, 0.2) is 0 Å². The van der Waals surface area contributed by atoms with Crippen LogP contribution in [-0.4, -0.2) is 31.7 Å². The van der Waals surface area contributed by atoms with Crippen molar-refractivity contribution in [3.63, 3.8) is 0 Å². The summed E-state index contributed by atoms with van der Waals surface area (Å²) in [5.41, 5.74) is 0. The zero-order valence-electron chi connectivity index (χ0n) is 9.26. The third kappa shape index (κ3) is 4.63. The van der Waals surface area contributed by atoms with E-state index >= 15 is 0 Å². The average Bonchev–Trinajstić information content (AvgIpc) is 2.64. The van der Waals surface area contributed by atoms with Gasteiger partial charge in [-0.2, -0.15) is 0 Å². The highest BCUT2D eigenvalue weighted by Crippen LogP contribution is 2.12. The molecule has 0 bridgehead atoms. The molecule has 0 amide bonds. The Morgan fingerprint density at radius 1 is 1.50 bits per heavy atom. The van der Waals surface area contributed by atoms with Crippen LogP contribution >= 0.6 is 11.6 Å². The maximum atomic E-state index is 5.90. The smallest absolute Gasteiger partial charge is 0.0507 e. The van der Waals surface area contributed by atoms with Gasteiger partial charge in [0.25, 0.3) is 0 Å². The second-order valence-electron chi connectivity index (χ2n) is 4.62. The van der Waals surface area contributed by atoms with Gasteiger partial charge in [-0.3, -0.25) is 0 Å². The van der Waals surface area contributed by atoms with E-state index in [1.807, 2.05) is 0 Å². The first-order valence-electron chi connectivity index (χ1n) is 5.59. The van der Waals surface area contributed by atoms with Crippen molar-refractivity contribution < 1.29 is 4.74 Å². The van der Waals surface area contributed by atoms with E-state index in [1.54, 1.807) is 0 Å². The van der Waals surface area contributed by atoms with E-state index in [2.05, 4.69) is 19.2 Å². The molecule has 1 heterocycles. The Bertz CT molecular complexity index is 146. The normalized spacial score (nSPS) is 24.4. The van der Waals surface area contributed by atoms with Crippen LogP contribution in [0.4, 0.5) is 0 Å². The molecular weight excluding hydrogens is 198 g/mol. The summed E-state index contributed by atoms with van der Waals surface area (Å²) in [7, 11) is 0. The van der Waals surface area contributed by atoms with Crippen LogP contribution in [0.5, 0.6) is 0 Å². The third-order valence-electron chi connectivity index (χ3n) is 2.66. The molecule has 0 aromatic rings. The van der Waals surface area contributed by atoms with Crippen LogP contribution in [0.2, 0.25) is 0 Å². The summed E-state index contributed by atoms with van der Waals surface area (Å²) >= 11 is 5.90. The first-order chi connectivity index (χ1) is 6.72. The van der Waals surface area contributed by atoms with Gasteiger partial charge in [0.2, 0.25) is 0 Å². The zero-order valence-corrected chi connectivity index (χ0v) is 10.0. The molecule has 3 heteroatoms. The topological polar surface area (TPSA) is 21.3 Å². The SMILES string of the molecule is CC(C)CC(CCl)NCC1CCOC1. The Kier molecular flexibility index (Phi) is 5.83. The summed E-state index contributed by atoms with van der Waals surface area (Å²) in [6.45, 7) is 7.38. The lowest BCUT2D eigenvalue weighted by Crippen LogP contribution is -2.35. The molecule has 0 saturated carbocycles. The maximum Gasteiger partial charge on any atom is 0.0507 e. The van der Waals surface area contributed by atoms with Gasteiger partial charge in [0.05, 0.1) is 6.61 Å². The van der Waals surface area contributed by atoms with Crippen LogP contribution in [0.1, 0.15) is 26.7 Å². The van der Waals surface area contributed by atoms with Crippen molar-refractivity contribution in [3.05, 3.63) is 0 Å². The number of ether oxygens (including phenoxy) is 1. The summed E-state index contributed by atoms with van der Waals surface area (Å²) in [6.07, 6.45) is 2.36. The van der Waals surface area contributed by atoms with Crippen molar-refractivity contribution >= 4 is 11.6 Å². The van der Waals surface area contributed by atoms with Crippen molar-refractivity contribution in [2.75, 3.05) is 25.6 Å². The largest absolute Gasteiger partial charge is 0.381 e. The minimum atomic E-state index is 0.470. The lowest BCUT2D eigenvalue weighted by atomic mass is 10.0. The fourth-order valence-corrected chi connectivity index (χ4v) is 2.08. The molecule has 2 atom stereocenters. The molecule has 1 rings (SSSR count). The Labute approximate surface area is 92.3 Å². The third-order valence-corrected chi connectivity index (χ3v) is 3.03. The molecule has 1 fully saturated rings. The molecule has 2 nitrogen and oxygen atoms in total. The number of hydrogen-bond donors (Lipinski definition) is 1. The van der Waals surface area contributed by atoms with Crippen molar-refractivity contribution in [2.45, 2.75) is 32.7 Å². The van der Waals surface area contributed by atoms with E-state index in [1.165, 1.54) is 6.42 Å². The van der Waals surface area contributed by atoms with Gasteiger partial charge in [0.1, 0.15) is 0 Å². The van der Waals surface area contributed by atoms with E-state index in [4.69, 9.17) is 16.3 Å². The first kappa shape index (κ1) is 12.3. The van der Waals surface area contributed by atoms with Crippen LogP contribution < -0.4 is 5.32 Å². The molecule has 1 aliphatic heterocycles. The maximum absolute atomic E-state index is 5.90. The van der Waals surface area contributed by atoms with E-state index in [-0.39, 0.29) is 0 Å². The molecule has 1 N–H and O–H groups in total. The molecule has 0 aromatic heterocycles. The lowest BCUT2D eigenvalue weighted by molar-refractivity contribution is 0.184. The van der Waals surface area contributed by atoms with Gasteiger partial charge in [-0.15, -0.1) is 11.6 Å². The number of alkyl halides is 1. The number of halogens is 1. The van der Waals surface area contributed by atoms with E-state index < -0.39 is 0 Å². The molecule has 0 spiro atoms. The summed E-state index contributed by atoms with van der Waals surface area (Å²) in [5.74, 6) is 2.13. The summed E-state index contributed by atoms with van der Waals surface area (Å²) < 4.78 is 5.33. The lowest BCUT2D eigenvalue weighted by Gasteiger charge is -2.19. The Hall–Kier alpha value is 0.210. The Morgan fingerprint density at radius 3 is 2.79 bits per heavy atom.